The van der Waals surface area contributed by atoms with Crippen LogP contribution in [0.25, 0.3) is 0 Å². The number of nitrogens with one attached hydrogen (secondary N) is 7. The van der Waals surface area contributed by atoms with Crippen LogP contribution in [-0.4, -0.2) is 320 Å². The fraction of sp³-hybridized carbons (Fsp3) is 0.811. The zero-order valence-corrected chi connectivity index (χ0v) is 50.2. The predicted octanol–water partition coefficient (Wildman–Crippen LogP) is -11.2. The van der Waals surface area contributed by atoms with Gasteiger partial charge in [0.1, 0.15) is 109 Å². The number of primary amides is 1. The lowest BCUT2D eigenvalue weighted by molar-refractivity contribution is -0.352. The summed E-state index contributed by atoms with van der Waals surface area (Å²) in [5, 5.41) is 114. The molecule has 0 aromatic carbocycles. The second-order valence-corrected chi connectivity index (χ2v) is 23.1. The van der Waals surface area contributed by atoms with Crippen LogP contribution >= 0.6 is 0 Å². The Bertz CT molecular complexity index is 2510. The molecule has 6 aliphatic rings. The Balaban J connectivity index is 1.31. The van der Waals surface area contributed by atoms with E-state index < -0.39 is 232 Å². The Morgan fingerprint density at radius 3 is 1.76 bits per heavy atom. The van der Waals surface area contributed by atoms with E-state index in [1.54, 1.807) is 11.9 Å². The van der Waals surface area contributed by atoms with Gasteiger partial charge in [0.05, 0.1) is 45.1 Å². The van der Waals surface area contributed by atoms with Crippen molar-refractivity contribution in [3.8, 4) is 0 Å². The molecule has 504 valence electrons. The SMILES string of the molecule is CC(=O)N[C@H]1C(O)[C@H](O)C(CO)O[C@H]1OCC1O[C@H](OC(C)C(NC(=O)C(CO)NC(=O)CNC(=O)C2CCCN2C)C(=O)NC(C)C(=O)N2CCCC2C(=O)N2CCCC2C(=O)NC(C)C(N)=O)[C@@H](NC(C)=O)C(O[C@@H]2OC(CO)[C@H](O)C(O)[C@@H]2O)[C@H]1O. The number of nitrogens with two attached hydrogens (primary N) is 1. The molecule has 6 heterocycles. The van der Waals surface area contributed by atoms with Gasteiger partial charge in [0.2, 0.25) is 59.1 Å². The van der Waals surface area contributed by atoms with Crippen molar-refractivity contribution in [3.05, 3.63) is 0 Å². The number of amides is 10. The zero-order chi connectivity index (χ0) is 65.9. The zero-order valence-electron chi connectivity index (χ0n) is 50.2. The summed E-state index contributed by atoms with van der Waals surface area (Å²) in [7, 11) is 1.73. The van der Waals surface area contributed by atoms with Crippen molar-refractivity contribution in [2.24, 2.45) is 5.73 Å². The van der Waals surface area contributed by atoms with Crippen molar-refractivity contribution in [1.82, 2.24) is 51.9 Å². The summed E-state index contributed by atoms with van der Waals surface area (Å²) in [5.41, 5.74) is 5.34. The molecular weight excluding hydrogens is 1190 g/mol. The molecule has 36 nitrogen and oxygen atoms in total. The first-order valence-corrected chi connectivity index (χ1v) is 29.5. The summed E-state index contributed by atoms with van der Waals surface area (Å²) in [6.07, 6.45) is -23.7. The number of carbonyl (C=O) groups excluding carboxylic acids is 10. The van der Waals surface area contributed by atoms with E-state index in [9.17, 15) is 93.9 Å². The topological polar surface area (TPSA) is 528 Å². The maximum atomic E-state index is 14.8. The number of hydrogen-bond donors (Lipinski definition) is 17. The first-order valence-electron chi connectivity index (χ1n) is 29.5. The van der Waals surface area contributed by atoms with E-state index >= 15 is 0 Å². The monoisotopic (exact) mass is 1280 g/mol. The second-order valence-electron chi connectivity index (χ2n) is 23.1. The molecular formula is C53H87N11O25. The van der Waals surface area contributed by atoms with Crippen LogP contribution in [-0.2, 0) is 76.4 Å². The van der Waals surface area contributed by atoms with Gasteiger partial charge in [-0.2, -0.15) is 0 Å². The molecule has 6 saturated heterocycles. The van der Waals surface area contributed by atoms with Gasteiger partial charge in [0.25, 0.3) is 0 Å². The van der Waals surface area contributed by atoms with Gasteiger partial charge in [-0.3, -0.25) is 52.8 Å². The van der Waals surface area contributed by atoms with E-state index in [0.717, 1.165) is 20.3 Å². The lowest BCUT2D eigenvalue weighted by Gasteiger charge is -2.48. The van der Waals surface area contributed by atoms with Gasteiger partial charge >= 0.3 is 0 Å². The van der Waals surface area contributed by atoms with E-state index in [1.165, 1.54) is 30.6 Å². The standard InChI is InChI=1S/C53H87N11O25/c1-21(44(54)77)56-47(80)28-11-8-14-63(28)50(83)29-12-9-15-64(29)49(82)22(2)57-48(81)34(61-45(78)26(17-65)60-33(70)16-55-46(79)27-10-7-13-62(27)6)23(3)85-52-36(59-25(5)69)43(89-53-42(76)41(75)38(72)31(19-67)87-53)39(73)32(88-52)20-84-51-35(58-24(4)68)40(74)37(71)30(18-66)86-51/h21-23,26-32,34-43,51-53,65-67,71-76H,7-20H2,1-6H3,(H2,54,77)(H,55,79)(H,56,80)(H,57,81)(H,58,68)(H,59,69)(H,60,70)(H,61,78)/t21?,22?,23?,26?,27?,28?,29?,30?,31?,32?,34?,35-,36-,37+,38-,39-,40?,41?,42-,43?,51+,52-,53-/m0/s1. The normalized spacial score (nSPS) is 34.0. The third kappa shape index (κ3) is 17.8. The lowest BCUT2D eigenvalue weighted by Crippen LogP contribution is -2.69. The quantitative estimate of drug-likeness (QED) is 0.0382. The molecule has 6 fully saturated rings. The highest BCUT2D eigenvalue weighted by Gasteiger charge is 2.54. The van der Waals surface area contributed by atoms with E-state index in [0.29, 0.717) is 25.8 Å². The summed E-state index contributed by atoms with van der Waals surface area (Å²) in [6, 6.07) is -12.4. The van der Waals surface area contributed by atoms with Gasteiger partial charge < -0.3 is 127 Å². The summed E-state index contributed by atoms with van der Waals surface area (Å²) >= 11 is 0. The largest absolute Gasteiger partial charge is 0.394 e. The molecule has 89 heavy (non-hydrogen) atoms. The molecule has 36 heteroatoms. The average molecular weight is 1280 g/mol. The minimum atomic E-state index is -2.12. The Hall–Kier alpha value is -5.94. The summed E-state index contributed by atoms with van der Waals surface area (Å²) in [5.74, 6) is -8.31. The summed E-state index contributed by atoms with van der Waals surface area (Å²) in [4.78, 5) is 138. The molecule has 10 amide bonds. The second kappa shape index (κ2) is 32.4. The predicted molar refractivity (Wildman–Crippen MR) is 296 cm³/mol. The van der Waals surface area contributed by atoms with E-state index in [2.05, 4.69) is 37.2 Å². The minimum absolute atomic E-state index is 0.0200. The highest BCUT2D eigenvalue weighted by Crippen LogP contribution is 2.33. The number of aliphatic hydroxyl groups excluding tert-OH is 9. The Morgan fingerprint density at radius 1 is 0.596 bits per heavy atom. The van der Waals surface area contributed by atoms with Crippen LogP contribution in [0.5, 0.6) is 0 Å². The molecule has 18 N–H and O–H groups in total. The highest BCUT2D eigenvalue weighted by atomic mass is 16.7. The van der Waals surface area contributed by atoms with Crippen molar-refractivity contribution in [3.63, 3.8) is 0 Å². The van der Waals surface area contributed by atoms with Crippen LogP contribution < -0.4 is 43.0 Å². The summed E-state index contributed by atoms with van der Waals surface area (Å²) in [6.45, 7) is 2.28. The van der Waals surface area contributed by atoms with Gasteiger partial charge in [-0.15, -0.1) is 0 Å². The first-order chi connectivity index (χ1) is 42.0. The van der Waals surface area contributed by atoms with Gasteiger partial charge in [0, 0.05) is 26.9 Å². The van der Waals surface area contributed by atoms with Crippen molar-refractivity contribution in [2.45, 2.75) is 214 Å². The molecule has 0 saturated carbocycles. The van der Waals surface area contributed by atoms with Gasteiger partial charge in [-0.05, 0) is 72.9 Å². The molecule has 14 unspecified atom stereocenters. The Kier molecular flexibility index (Phi) is 26.2. The Morgan fingerprint density at radius 2 is 1.17 bits per heavy atom. The molecule has 0 aromatic rings. The minimum Gasteiger partial charge on any atom is -0.394 e. The fourth-order valence-corrected chi connectivity index (χ4v) is 11.5. The molecule has 0 aromatic heterocycles. The fourth-order valence-electron chi connectivity index (χ4n) is 11.5. The third-order valence-corrected chi connectivity index (χ3v) is 16.5. The number of carbonyl (C=O) groups is 10. The number of rotatable bonds is 26. The number of aliphatic hydroxyl groups is 9. The Labute approximate surface area is 511 Å². The maximum Gasteiger partial charge on any atom is 0.246 e. The van der Waals surface area contributed by atoms with Gasteiger partial charge in [0.15, 0.2) is 18.9 Å². The number of likely N-dealkylation sites (N-methyl/N-ethyl adjacent to an activating group) is 1. The number of nitrogens with zero attached hydrogens (tertiary/aromatic N) is 3. The molecule has 23 atom stereocenters. The van der Waals surface area contributed by atoms with Crippen molar-refractivity contribution in [1.29, 1.82) is 0 Å². The van der Waals surface area contributed by atoms with Crippen molar-refractivity contribution in [2.75, 3.05) is 59.7 Å². The lowest BCUT2D eigenvalue weighted by atomic mass is 9.94. The number of hydrogen-bond acceptors (Lipinski definition) is 26. The van der Waals surface area contributed by atoms with Crippen LogP contribution in [0.1, 0.15) is 73.1 Å². The van der Waals surface area contributed by atoms with Crippen LogP contribution in [0.15, 0.2) is 0 Å². The van der Waals surface area contributed by atoms with Crippen molar-refractivity contribution >= 4 is 59.1 Å². The number of ether oxygens (including phenoxy) is 6. The molecule has 6 rings (SSSR count). The molecule has 6 aliphatic heterocycles. The summed E-state index contributed by atoms with van der Waals surface area (Å²) < 4.78 is 35.8. The molecule has 0 radical (unpaired) electrons. The van der Waals surface area contributed by atoms with Crippen LogP contribution in [0, 0.1) is 0 Å². The highest BCUT2D eigenvalue weighted by molar-refractivity contribution is 5.98. The van der Waals surface area contributed by atoms with Gasteiger partial charge in [-0.25, -0.2) is 0 Å². The average Bonchev–Trinajstić information content (AvgIpc) is 2.27. The van der Waals surface area contributed by atoms with Crippen LogP contribution in [0.3, 0.4) is 0 Å². The van der Waals surface area contributed by atoms with Crippen LogP contribution in [0.2, 0.25) is 0 Å². The third-order valence-electron chi connectivity index (χ3n) is 16.5. The smallest absolute Gasteiger partial charge is 0.246 e. The maximum absolute atomic E-state index is 14.8. The molecule has 0 spiro atoms. The van der Waals surface area contributed by atoms with E-state index in [-0.39, 0.29) is 25.9 Å². The first kappa shape index (κ1) is 72.1. The number of likely N-dealkylation sites (tertiary alicyclic amines) is 3. The van der Waals surface area contributed by atoms with Gasteiger partial charge in [-0.1, -0.05) is 0 Å². The van der Waals surface area contributed by atoms with E-state index in [1.807, 2.05) is 0 Å². The molecule has 0 bridgehead atoms. The van der Waals surface area contributed by atoms with Crippen molar-refractivity contribution < 1.29 is 122 Å². The van der Waals surface area contributed by atoms with Crippen LogP contribution in [0.4, 0.5) is 0 Å². The molecule has 0 aliphatic carbocycles. The van der Waals surface area contributed by atoms with E-state index in [4.69, 9.17) is 34.2 Å².